The van der Waals surface area contributed by atoms with Crippen LogP contribution in [0.4, 0.5) is 10.1 Å². The van der Waals surface area contributed by atoms with Gasteiger partial charge in [-0.1, -0.05) is 12.1 Å². The SMILES string of the molecule is Cc1nn(C)c2c1C(NC1CCN(c3ccccc3F)CC1)CCC2. The number of hydrogen-bond donors (Lipinski definition) is 1. The molecule has 1 atom stereocenters. The van der Waals surface area contributed by atoms with Gasteiger partial charge in [0.25, 0.3) is 0 Å². The average Bonchev–Trinajstić information content (AvgIpc) is 2.91. The van der Waals surface area contributed by atoms with E-state index in [9.17, 15) is 4.39 Å². The Balaban J connectivity index is 1.41. The van der Waals surface area contributed by atoms with E-state index in [-0.39, 0.29) is 5.82 Å². The first-order valence-electron chi connectivity index (χ1n) is 9.41. The Morgan fingerprint density at radius 1 is 1.16 bits per heavy atom. The Morgan fingerprint density at radius 3 is 2.68 bits per heavy atom. The summed E-state index contributed by atoms with van der Waals surface area (Å²) in [7, 11) is 2.06. The quantitative estimate of drug-likeness (QED) is 0.927. The van der Waals surface area contributed by atoms with Crippen LogP contribution < -0.4 is 10.2 Å². The third-order valence-corrected chi connectivity index (χ3v) is 5.77. The fraction of sp³-hybridized carbons (Fsp3) is 0.550. The van der Waals surface area contributed by atoms with Crippen LogP contribution in [0.2, 0.25) is 0 Å². The molecule has 0 radical (unpaired) electrons. The number of halogens is 1. The van der Waals surface area contributed by atoms with Crippen molar-refractivity contribution < 1.29 is 4.39 Å². The molecule has 1 aliphatic carbocycles. The zero-order chi connectivity index (χ0) is 17.4. The van der Waals surface area contributed by atoms with Crippen molar-refractivity contribution in [3.05, 3.63) is 47.0 Å². The minimum atomic E-state index is -0.114. The summed E-state index contributed by atoms with van der Waals surface area (Å²) in [6.07, 6.45) is 5.65. The molecule has 134 valence electrons. The molecular weight excluding hydrogens is 315 g/mol. The summed E-state index contributed by atoms with van der Waals surface area (Å²) in [4.78, 5) is 2.18. The summed E-state index contributed by atoms with van der Waals surface area (Å²) in [6, 6.07) is 8.02. The lowest BCUT2D eigenvalue weighted by molar-refractivity contribution is 0.343. The van der Waals surface area contributed by atoms with Gasteiger partial charge >= 0.3 is 0 Å². The largest absolute Gasteiger partial charge is 0.369 e. The van der Waals surface area contributed by atoms with Crippen LogP contribution in [-0.2, 0) is 13.5 Å². The van der Waals surface area contributed by atoms with Crippen molar-refractivity contribution in [3.63, 3.8) is 0 Å². The van der Waals surface area contributed by atoms with Crippen molar-refractivity contribution in [2.75, 3.05) is 18.0 Å². The van der Waals surface area contributed by atoms with Crippen LogP contribution in [0, 0.1) is 12.7 Å². The Morgan fingerprint density at radius 2 is 1.92 bits per heavy atom. The normalized spacial score (nSPS) is 21.4. The number of aromatic nitrogens is 2. The Labute approximate surface area is 149 Å². The summed E-state index contributed by atoms with van der Waals surface area (Å²) in [6.45, 7) is 3.94. The van der Waals surface area contributed by atoms with E-state index < -0.39 is 0 Å². The van der Waals surface area contributed by atoms with Gasteiger partial charge in [-0.05, 0) is 51.2 Å². The molecule has 4 nitrogen and oxygen atoms in total. The Hall–Kier alpha value is -1.88. The van der Waals surface area contributed by atoms with Crippen molar-refractivity contribution in [2.45, 2.75) is 51.1 Å². The van der Waals surface area contributed by atoms with Crippen LogP contribution in [0.5, 0.6) is 0 Å². The number of aryl methyl sites for hydroxylation is 2. The lowest BCUT2D eigenvalue weighted by Crippen LogP contribution is -2.44. The molecule has 5 heteroatoms. The fourth-order valence-electron chi connectivity index (χ4n) is 4.54. The second kappa shape index (κ2) is 6.79. The lowest BCUT2D eigenvalue weighted by atomic mass is 9.89. The summed E-state index contributed by atoms with van der Waals surface area (Å²) in [5.74, 6) is -0.114. The van der Waals surface area contributed by atoms with E-state index in [1.165, 1.54) is 29.8 Å². The second-order valence-electron chi connectivity index (χ2n) is 7.39. The summed E-state index contributed by atoms with van der Waals surface area (Å²) in [5.41, 5.74) is 4.72. The maximum Gasteiger partial charge on any atom is 0.146 e. The average molecular weight is 342 g/mol. The summed E-state index contributed by atoms with van der Waals surface area (Å²) >= 11 is 0. The van der Waals surface area contributed by atoms with Crippen molar-refractivity contribution in [3.8, 4) is 0 Å². The Bertz CT molecular complexity index is 746. The lowest BCUT2D eigenvalue weighted by Gasteiger charge is -2.37. The van der Waals surface area contributed by atoms with E-state index >= 15 is 0 Å². The highest BCUT2D eigenvalue weighted by molar-refractivity contribution is 5.48. The van der Waals surface area contributed by atoms with Gasteiger partial charge < -0.3 is 10.2 Å². The maximum absolute atomic E-state index is 14.0. The summed E-state index contributed by atoms with van der Waals surface area (Å²) < 4.78 is 16.0. The molecule has 2 heterocycles. The zero-order valence-electron chi connectivity index (χ0n) is 15.1. The molecule has 0 spiro atoms. The topological polar surface area (TPSA) is 33.1 Å². The number of fused-ring (bicyclic) bond motifs is 1. The first kappa shape index (κ1) is 16.6. The third-order valence-electron chi connectivity index (χ3n) is 5.77. The highest BCUT2D eigenvalue weighted by Crippen LogP contribution is 2.33. The van der Waals surface area contributed by atoms with Gasteiger partial charge in [0, 0.05) is 43.5 Å². The molecule has 4 rings (SSSR count). The smallest absolute Gasteiger partial charge is 0.146 e. The van der Waals surface area contributed by atoms with Crippen LogP contribution in [0.1, 0.15) is 48.7 Å². The monoisotopic (exact) mass is 342 g/mol. The number of nitrogens with one attached hydrogen (secondary N) is 1. The van der Waals surface area contributed by atoms with Crippen molar-refractivity contribution in [2.24, 2.45) is 7.05 Å². The minimum Gasteiger partial charge on any atom is -0.369 e. The predicted molar refractivity (Wildman–Crippen MR) is 98.4 cm³/mol. The molecular formula is C20H27FN4. The van der Waals surface area contributed by atoms with E-state index in [0.29, 0.717) is 12.1 Å². The van der Waals surface area contributed by atoms with E-state index in [1.807, 2.05) is 12.1 Å². The molecule has 2 aromatic rings. The van der Waals surface area contributed by atoms with E-state index in [4.69, 9.17) is 0 Å². The third kappa shape index (κ3) is 3.17. The maximum atomic E-state index is 14.0. The summed E-state index contributed by atoms with van der Waals surface area (Å²) in [5, 5.41) is 8.51. The predicted octanol–water partition coefficient (Wildman–Crippen LogP) is 3.50. The second-order valence-corrected chi connectivity index (χ2v) is 7.39. The van der Waals surface area contributed by atoms with Gasteiger partial charge in [-0.25, -0.2) is 4.39 Å². The standard InChI is InChI=1S/C20H27FN4/c1-14-20-17(7-5-9-19(20)24(2)23-14)22-15-10-12-25(13-11-15)18-8-4-3-6-16(18)21/h3-4,6,8,15,17,22H,5,7,9-13H2,1-2H3. The molecule has 0 amide bonds. The molecule has 0 bridgehead atoms. The van der Waals surface area contributed by atoms with Crippen molar-refractivity contribution >= 4 is 5.69 Å². The van der Waals surface area contributed by atoms with Crippen molar-refractivity contribution in [1.29, 1.82) is 0 Å². The van der Waals surface area contributed by atoms with Gasteiger partial charge in [-0.15, -0.1) is 0 Å². The molecule has 1 N–H and O–H groups in total. The van der Waals surface area contributed by atoms with Crippen molar-refractivity contribution in [1.82, 2.24) is 15.1 Å². The number of anilines is 1. The minimum absolute atomic E-state index is 0.114. The molecule has 1 unspecified atom stereocenters. The molecule has 1 aromatic carbocycles. The molecule has 25 heavy (non-hydrogen) atoms. The molecule has 1 aliphatic heterocycles. The molecule has 1 fully saturated rings. The van der Waals surface area contributed by atoms with Gasteiger partial charge in [0.2, 0.25) is 0 Å². The van der Waals surface area contributed by atoms with Crippen LogP contribution in [0.3, 0.4) is 0 Å². The van der Waals surface area contributed by atoms with E-state index in [2.05, 4.69) is 34.0 Å². The van der Waals surface area contributed by atoms with Gasteiger partial charge in [0.05, 0.1) is 11.4 Å². The molecule has 1 saturated heterocycles. The van der Waals surface area contributed by atoms with Crippen LogP contribution in [-0.4, -0.2) is 28.9 Å². The first-order chi connectivity index (χ1) is 12.1. The van der Waals surface area contributed by atoms with Gasteiger partial charge in [0.15, 0.2) is 0 Å². The first-order valence-corrected chi connectivity index (χ1v) is 9.41. The van der Waals surface area contributed by atoms with Gasteiger partial charge in [-0.3, -0.25) is 4.68 Å². The Kier molecular flexibility index (Phi) is 4.50. The highest BCUT2D eigenvalue weighted by atomic mass is 19.1. The number of hydrogen-bond acceptors (Lipinski definition) is 3. The fourth-order valence-corrected chi connectivity index (χ4v) is 4.54. The number of nitrogens with zero attached hydrogens (tertiary/aromatic N) is 3. The molecule has 0 saturated carbocycles. The number of benzene rings is 1. The van der Waals surface area contributed by atoms with E-state index in [1.54, 1.807) is 12.1 Å². The molecule has 1 aromatic heterocycles. The zero-order valence-corrected chi connectivity index (χ0v) is 15.1. The molecule has 2 aliphatic rings. The highest BCUT2D eigenvalue weighted by Gasteiger charge is 2.29. The number of rotatable bonds is 3. The number of para-hydroxylation sites is 1. The van der Waals surface area contributed by atoms with E-state index in [0.717, 1.165) is 38.0 Å². The van der Waals surface area contributed by atoms with Crippen LogP contribution >= 0.6 is 0 Å². The number of piperidine rings is 1. The van der Waals surface area contributed by atoms with Crippen LogP contribution in [0.25, 0.3) is 0 Å². The van der Waals surface area contributed by atoms with Gasteiger partial charge in [0.1, 0.15) is 5.82 Å². The van der Waals surface area contributed by atoms with Crippen LogP contribution in [0.15, 0.2) is 24.3 Å². The van der Waals surface area contributed by atoms with Gasteiger partial charge in [-0.2, -0.15) is 5.10 Å².